The molecule has 146 valence electrons. The SMILES string of the molecule is NC(N)=N/N=C/c1ccc(-c2ccc(C=NCc3ccc(Cl)cc3Cl)cc2)cc1. The van der Waals surface area contributed by atoms with Crippen molar-refractivity contribution in [3.8, 4) is 11.1 Å². The molecule has 0 bridgehead atoms. The highest BCUT2D eigenvalue weighted by atomic mass is 35.5. The van der Waals surface area contributed by atoms with E-state index in [-0.39, 0.29) is 5.96 Å². The lowest BCUT2D eigenvalue weighted by molar-refractivity contribution is 1.08. The van der Waals surface area contributed by atoms with Crippen LogP contribution in [0.15, 0.2) is 81.9 Å². The molecule has 0 aromatic heterocycles. The van der Waals surface area contributed by atoms with Crippen LogP contribution in [0.2, 0.25) is 10.0 Å². The summed E-state index contributed by atoms with van der Waals surface area (Å²) >= 11 is 12.1. The summed E-state index contributed by atoms with van der Waals surface area (Å²) in [6.45, 7) is 0.501. The molecule has 0 saturated carbocycles. The molecule has 3 rings (SSSR count). The summed E-state index contributed by atoms with van der Waals surface area (Å²) in [5.41, 5.74) is 15.5. The van der Waals surface area contributed by atoms with E-state index in [2.05, 4.69) is 27.3 Å². The van der Waals surface area contributed by atoms with E-state index in [0.717, 1.165) is 27.8 Å². The maximum atomic E-state index is 6.17. The molecule has 0 aliphatic carbocycles. The highest BCUT2D eigenvalue weighted by Crippen LogP contribution is 2.22. The van der Waals surface area contributed by atoms with Crippen molar-refractivity contribution in [1.29, 1.82) is 0 Å². The summed E-state index contributed by atoms with van der Waals surface area (Å²) in [6.07, 6.45) is 3.42. The number of guanidine groups is 1. The molecule has 0 aliphatic rings. The van der Waals surface area contributed by atoms with Crippen LogP contribution in [0, 0.1) is 0 Å². The van der Waals surface area contributed by atoms with E-state index in [0.29, 0.717) is 16.6 Å². The van der Waals surface area contributed by atoms with Crippen LogP contribution >= 0.6 is 23.2 Å². The first-order valence-corrected chi connectivity index (χ1v) is 9.53. The van der Waals surface area contributed by atoms with Gasteiger partial charge in [-0.15, -0.1) is 5.10 Å². The molecule has 3 aromatic rings. The Morgan fingerprint density at radius 2 is 1.38 bits per heavy atom. The Kier molecular flexibility index (Phi) is 7.00. The number of rotatable bonds is 6. The number of nitrogens with two attached hydrogens (primary N) is 2. The Hall–Kier alpha value is -3.15. The minimum absolute atomic E-state index is 0.0715. The zero-order chi connectivity index (χ0) is 20.6. The maximum Gasteiger partial charge on any atom is 0.211 e. The minimum atomic E-state index is -0.0715. The second kappa shape index (κ2) is 9.87. The van der Waals surface area contributed by atoms with Crippen molar-refractivity contribution in [3.63, 3.8) is 0 Å². The normalized spacial score (nSPS) is 11.2. The fourth-order valence-electron chi connectivity index (χ4n) is 2.58. The largest absolute Gasteiger partial charge is 0.369 e. The van der Waals surface area contributed by atoms with E-state index in [1.807, 2.05) is 54.7 Å². The van der Waals surface area contributed by atoms with Crippen molar-refractivity contribution in [1.82, 2.24) is 0 Å². The third kappa shape index (κ3) is 6.17. The Bertz CT molecular complexity index is 1050. The van der Waals surface area contributed by atoms with Gasteiger partial charge < -0.3 is 11.5 Å². The van der Waals surface area contributed by atoms with Crippen molar-refractivity contribution < 1.29 is 0 Å². The molecule has 0 atom stereocenters. The molecule has 0 heterocycles. The molecule has 0 unspecified atom stereocenters. The Morgan fingerprint density at radius 3 is 1.93 bits per heavy atom. The highest BCUT2D eigenvalue weighted by Gasteiger charge is 2.00. The maximum absolute atomic E-state index is 6.17. The topological polar surface area (TPSA) is 89.1 Å². The van der Waals surface area contributed by atoms with Gasteiger partial charge in [-0.2, -0.15) is 5.10 Å². The van der Waals surface area contributed by atoms with Gasteiger partial charge in [-0.05, 0) is 39.9 Å². The van der Waals surface area contributed by atoms with E-state index in [1.54, 1.807) is 12.3 Å². The van der Waals surface area contributed by atoms with E-state index < -0.39 is 0 Å². The zero-order valence-electron chi connectivity index (χ0n) is 15.5. The summed E-state index contributed by atoms with van der Waals surface area (Å²) in [6, 6.07) is 21.5. The smallest absolute Gasteiger partial charge is 0.211 e. The molecule has 4 N–H and O–H groups in total. The quantitative estimate of drug-likeness (QED) is 0.335. The molecule has 0 fully saturated rings. The van der Waals surface area contributed by atoms with Crippen molar-refractivity contribution in [2.45, 2.75) is 6.54 Å². The van der Waals surface area contributed by atoms with E-state index in [4.69, 9.17) is 34.7 Å². The molecule has 0 saturated heterocycles. The monoisotopic (exact) mass is 423 g/mol. The number of hydrogen-bond acceptors (Lipinski definition) is 3. The van der Waals surface area contributed by atoms with Crippen LogP contribution < -0.4 is 11.5 Å². The van der Waals surface area contributed by atoms with Gasteiger partial charge in [0.1, 0.15) is 0 Å². The molecule has 5 nitrogen and oxygen atoms in total. The second-order valence-electron chi connectivity index (χ2n) is 6.22. The van der Waals surface area contributed by atoms with Crippen LogP contribution in [-0.2, 0) is 6.54 Å². The number of halogens is 2. The molecule has 3 aromatic carbocycles. The predicted molar refractivity (Wildman–Crippen MR) is 123 cm³/mol. The van der Waals surface area contributed by atoms with Gasteiger partial charge in [-0.1, -0.05) is 77.8 Å². The zero-order valence-corrected chi connectivity index (χ0v) is 17.0. The lowest BCUT2D eigenvalue weighted by atomic mass is 10.0. The van der Waals surface area contributed by atoms with Crippen LogP contribution in [0.4, 0.5) is 0 Å². The lowest BCUT2D eigenvalue weighted by Gasteiger charge is -2.03. The molecular weight excluding hydrogens is 405 g/mol. The molecule has 29 heavy (non-hydrogen) atoms. The van der Waals surface area contributed by atoms with Crippen LogP contribution in [0.25, 0.3) is 11.1 Å². The third-order valence-electron chi connectivity index (χ3n) is 4.05. The van der Waals surface area contributed by atoms with Crippen LogP contribution in [0.5, 0.6) is 0 Å². The standard InChI is InChI=1S/C22H19Cl2N5/c23-20-10-9-19(21(24)11-20)14-27-12-15-1-5-17(6-2-15)18-7-3-16(4-8-18)13-28-29-22(25)26/h1-13H,14H2,(H4,25,26,29)/b27-12?,28-13+. The molecular formula is C22H19Cl2N5. The summed E-state index contributed by atoms with van der Waals surface area (Å²) in [5.74, 6) is -0.0715. The molecule has 7 heteroatoms. The van der Waals surface area contributed by atoms with Crippen molar-refractivity contribution >= 4 is 41.6 Å². The highest BCUT2D eigenvalue weighted by molar-refractivity contribution is 6.35. The summed E-state index contributed by atoms with van der Waals surface area (Å²) < 4.78 is 0. The van der Waals surface area contributed by atoms with Gasteiger partial charge >= 0.3 is 0 Å². The van der Waals surface area contributed by atoms with Gasteiger partial charge in [0.15, 0.2) is 0 Å². The number of aliphatic imine (C=N–C) groups is 1. The van der Waals surface area contributed by atoms with Crippen LogP contribution in [0.3, 0.4) is 0 Å². The average molecular weight is 424 g/mol. The number of nitrogens with zero attached hydrogens (tertiary/aromatic N) is 3. The summed E-state index contributed by atoms with van der Waals surface area (Å²) in [7, 11) is 0. The molecule has 0 spiro atoms. The molecule has 0 radical (unpaired) electrons. The van der Waals surface area contributed by atoms with Crippen LogP contribution in [-0.4, -0.2) is 18.4 Å². The van der Waals surface area contributed by atoms with Gasteiger partial charge in [-0.3, -0.25) is 4.99 Å². The van der Waals surface area contributed by atoms with Crippen LogP contribution in [0.1, 0.15) is 16.7 Å². The summed E-state index contributed by atoms with van der Waals surface area (Å²) in [5, 5.41) is 8.62. The van der Waals surface area contributed by atoms with Gasteiger partial charge in [0, 0.05) is 16.3 Å². The van der Waals surface area contributed by atoms with Gasteiger partial charge in [0.05, 0.1) is 12.8 Å². The second-order valence-corrected chi connectivity index (χ2v) is 7.06. The van der Waals surface area contributed by atoms with Crippen molar-refractivity contribution in [3.05, 3.63) is 93.5 Å². The third-order valence-corrected chi connectivity index (χ3v) is 4.64. The minimum Gasteiger partial charge on any atom is -0.369 e. The molecule has 0 aliphatic heterocycles. The Labute approximate surface area is 179 Å². The van der Waals surface area contributed by atoms with E-state index in [9.17, 15) is 0 Å². The predicted octanol–water partition coefficient (Wildman–Crippen LogP) is 4.89. The van der Waals surface area contributed by atoms with Crippen molar-refractivity contribution in [2.75, 3.05) is 0 Å². The van der Waals surface area contributed by atoms with Crippen molar-refractivity contribution in [2.24, 2.45) is 26.7 Å². The van der Waals surface area contributed by atoms with E-state index >= 15 is 0 Å². The average Bonchev–Trinajstić information content (AvgIpc) is 2.70. The summed E-state index contributed by atoms with van der Waals surface area (Å²) in [4.78, 5) is 4.46. The number of hydrogen-bond donors (Lipinski definition) is 2. The molecule has 0 amide bonds. The van der Waals surface area contributed by atoms with Gasteiger partial charge in [-0.25, -0.2) is 0 Å². The Morgan fingerprint density at radius 1 is 0.793 bits per heavy atom. The first kappa shape index (κ1) is 20.6. The van der Waals surface area contributed by atoms with E-state index in [1.165, 1.54) is 0 Å². The number of benzene rings is 3. The fourth-order valence-corrected chi connectivity index (χ4v) is 3.05. The Balaban J connectivity index is 1.63. The van der Waals surface area contributed by atoms with Gasteiger partial charge in [0.2, 0.25) is 5.96 Å². The first-order chi connectivity index (χ1) is 14.0. The first-order valence-electron chi connectivity index (χ1n) is 8.77. The fraction of sp³-hybridized carbons (Fsp3) is 0.0455. The lowest BCUT2D eigenvalue weighted by Crippen LogP contribution is -2.21. The van der Waals surface area contributed by atoms with Gasteiger partial charge in [0.25, 0.3) is 0 Å².